The van der Waals surface area contributed by atoms with Crippen molar-refractivity contribution in [1.29, 1.82) is 0 Å². The van der Waals surface area contributed by atoms with Crippen LogP contribution in [0.3, 0.4) is 0 Å². The Kier molecular flexibility index (Phi) is 4.01. The molecule has 2 heterocycles. The molecule has 20 heavy (non-hydrogen) atoms. The Morgan fingerprint density at radius 3 is 2.55 bits per heavy atom. The maximum absolute atomic E-state index is 12.1. The van der Waals surface area contributed by atoms with Crippen LogP contribution < -0.4 is 5.32 Å². The molecule has 0 aliphatic rings. The summed E-state index contributed by atoms with van der Waals surface area (Å²) in [7, 11) is 0. The van der Waals surface area contributed by atoms with Gasteiger partial charge in [0.1, 0.15) is 10.3 Å². The molecule has 7 heteroatoms. The quantitative estimate of drug-likeness (QED) is 0.831. The number of aromatic nitrogens is 3. The number of nitrogens with one attached hydrogen (secondary N) is 2. The highest BCUT2D eigenvalue weighted by molar-refractivity contribution is 6.35. The molecule has 0 atom stereocenters. The summed E-state index contributed by atoms with van der Waals surface area (Å²) >= 11 is 11.6. The molecular formula is C13H14Cl2N4O. The zero-order chi connectivity index (χ0) is 14.9. The maximum atomic E-state index is 12.1. The van der Waals surface area contributed by atoms with Crippen molar-refractivity contribution in [2.75, 3.05) is 5.32 Å². The van der Waals surface area contributed by atoms with Crippen molar-refractivity contribution >= 4 is 34.9 Å². The molecule has 2 aromatic heterocycles. The van der Waals surface area contributed by atoms with E-state index in [0.29, 0.717) is 5.82 Å². The van der Waals surface area contributed by atoms with Crippen LogP contribution in [0.1, 0.15) is 36.8 Å². The minimum atomic E-state index is -0.383. The van der Waals surface area contributed by atoms with E-state index in [9.17, 15) is 4.79 Å². The molecule has 0 aliphatic carbocycles. The van der Waals surface area contributed by atoms with Crippen molar-refractivity contribution < 1.29 is 4.79 Å². The van der Waals surface area contributed by atoms with Gasteiger partial charge in [-0.05, 0) is 12.1 Å². The van der Waals surface area contributed by atoms with Gasteiger partial charge in [-0.15, -0.1) is 0 Å². The van der Waals surface area contributed by atoms with E-state index in [2.05, 4.69) is 20.5 Å². The first kappa shape index (κ1) is 14.8. The number of hydrogen-bond acceptors (Lipinski definition) is 3. The van der Waals surface area contributed by atoms with Crippen molar-refractivity contribution in [3.8, 4) is 0 Å². The Balaban J connectivity index is 2.17. The fraction of sp³-hybridized carbons (Fsp3) is 0.308. The topological polar surface area (TPSA) is 70.7 Å². The molecule has 2 N–H and O–H groups in total. The first-order valence-electron chi connectivity index (χ1n) is 5.96. The summed E-state index contributed by atoms with van der Waals surface area (Å²) in [5, 5.41) is 9.90. The fourth-order valence-electron chi connectivity index (χ4n) is 1.54. The molecular weight excluding hydrogens is 299 g/mol. The first-order chi connectivity index (χ1) is 9.27. The Morgan fingerprint density at radius 2 is 2.00 bits per heavy atom. The van der Waals surface area contributed by atoms with Crippen molar-refractivity contribution in [2.45, 2.75) is 26.2 Å². The Hall–Kier alpha value is -1.59. The van der Waals surface area contributed by atoms with Gasteiger partial charge in [0.05, 0.1) is 5.56 Å². The number of nitrogens with zero attached hydrogens (tertiary/aromatic N) is 2. The number of halogens is 2. The lowest BCUT2D eigenvalue weighted by molar-refractivity contribution is 0.102. The van der Waals surface area contributed by atoms with Crippen LogP contribution >= 0.6 is 23.2 Å². The van der Waals surface area contributed by atoms with Gasteiger partial charge >= 0.3 is 0 Å². The summed E-state index contributed by atoms with van der Waals surface area (Å²) in [5.41, 5.74) is 1.10. The second-order valence-corrected chi connectivity index (χ2v) is 6.09. The number of aromatic amines is 1. The van der Waals surface area contributed by atoms with Crippen molar-refractivity contribution in [3.63, 3.8) is 0 Å². The Morgan fingerprint density at radius 1 is 1.30 bits per heavy atom. The molecule has 0 saturated carbocycles. The van der Waals surface area contributed by atoms with Crippen LogP contribution in [0.25, 0.3) is 0 Å². The molecule has 1 amide bonds. The number of carbonyl (C=O) groups excluding carboxylic acids is 1. The molecule has 0 bridgehead atoms. The Bertz CT molecular complexity index is 646. The number of H-pyrrole nitrogens is 1. The van der Waals surface area contributed by atoms with Crippen LogP contribution in [-0.4, -0.2) is 21.1 Å². The van der Waals surface area contributed by atoms with Crippen LogP contribution in [0.15, 0.2) is 18.2 Å². The third-order valence-corrected chi connectivity index (χ3v) is 3.19. The largest absolute Gasteiger partial charge is 0.305 e. The van der Waals surface area contributed by atoms with Crippen LogP contribution in [0.4, 0.5) is 5.82 Å². The molecule has 5 nitrogen and oxygen atoms in total. The number of rotatable bonds is 2. The Labute approximate surface area is 126 Å². The molecule has 2 aromatic rings. The average Bonchev–Trinajstić information content (AvgIpc) is 2.76. The monoisotopic (exact) mass is 312 g/mol. The summed E-state index contributed by atoms with van der Waals surface area (Å²) in [6.45, 7) is 6.14. The standard InChI is InChI=1S/C13H14Cl2N4O/c1-13(2,3)8-6-10(19-18-8)17-12(20)7-4-5-9(14)16-11(7)15/h4-6H,1-3H3,(H2,17,18,19,20). The molecule has 2 rings (SSSR count). The predicted molar refractivity (Wildman–Crippen MR) is 79.5 cm³/mol. The summed E-state index contributed by atoms with van der Waals surface area (Å²) in [5.74, 6) is 0.0528. The molecule has 0 fully saturated rings. The summed E-state index contributed by atoms with van der Waals surface area (Å²) in [4.78, 5) is 15.9. The zero-order valence-corrected chi connectivity index (χ0v) is 12.8. The third-order valence-electron chi connectivity index (χ3n) is 2.69. The van der Waals surface area contributed by atoms with E-state index in [1.54, 1.807) is 6.07 Å². The second kappa shape index (κ2) is 5.42. The minimum Gasteiger partial charge on any atom is -0.305 e. The van der Waals surface area contributed by atoms with Crippen molar-refractivity contribution in [1.82, 2.24) is 15.2 Å². The molecule has 106 valence electrons. The number of pyridine rings is 1. The lowest BCUT2D eigenvalue weighted by atomic mass is 9.92. The normalized spacial score (nSPS) is 11.4. The summed E-state index contributed by atoms with van der Waals surface area (Å²) in [6, 6.07) is 4.81. The summed E-state index contributed by atoms with van der Waals surface area (Å²) < 4.78 is 0. The fourth-order valence-corrected chi connectivity index (χ4v) is 1.97. The van der Waals surface area contributed by atoms with Gasteiger partial charge in [-0.1, -0.05) is 44.0 Å². The molecule has 0 saturated heterocycles. The van der Waals surface area contributed by atoms with E-state index in [1.807, 2.05) is 20.8 Å². The van der Waals surface area contributed by atoms with Gasteiger partial charge in [-0.2, -0.15) is 5.10 Å². The van der Waals surface area contributed by atoms with E-state index in [-0.39, 0.29) is 27.2 Å². The highest BCUT2D eigenvalue weighted by Gasteiger charge is 2.18. The summed E-state index contributed by atoms with van der Waals surface area (Å²) in [6.07, 6.45) is 0. The maximum Gasteiger partial charge on any atom is 0.259 e. The van der Waals surface area contributed by atoms with Gasteiger partial charge in [0, 0.05) is 17.2 Å². The smallest absolute Gasteiger partial charge is 0.259 e. The predicted octanol–water partition coefficient (Wildman–Crippen LogP) is 3.66. The van der Waals surface area contributed by atoms with Crippen molar-refractivity contribution in [2.24, 2.45) is 0 Å². The minimum absolute atomic E-state index is 0.0570. The van der Waals surface area contributed by atoms with E-state index in [0.717, 1.165) is 5.69 Å². The third kappa shape index (κ3) is 3.29. The van der Waals surface area contributed by atoms with Crippen LogP contribution in [-0.2, 0) is 5.41 Å². The van der Waals surface area contributed by atoms with Gasteiger partial charge in [0.2, 0.25) is 0 Å². The number of amides is 1. The second-order valence-electron chi connectivity index (χ2n) is 5.34. The zero-order valence-electron chi connectivity index (χ0n) is 11.3. The van der Waals surface area contributed by atoms with Gasteiger partial charge in [0.25, 0.3) is 5.91 Å². The van der Waals surface area contributed by atoms with E-state index in [1.165, 1.54) is 12.1 Å². The SMILES string of the molecule is CC(C)(C)c1cc(NC(=O)c2ccc(Cl)nc2Cl)n[nH]1. The van der Waals surface area contributed by atoms with E-state index >= 15 is 0 Å². The van der Waals surface area contributed by atoms with Crippen molar-refractivity contribution in [3.05, 3.63) is 39.8 Å². The van der Waals surface area contributed by atoms with Gasteiger partial charge in [-0.3, -0.25) is 9.89 Å². The average molecular weight is 313 g/mol. The number of hydrogen-bond donors (Lipinski definition) is 2. The first-order valence-corrected chi connectivity index (χ1v) is 6.72. The van der Waals surface area contributed by atoms with Crippen LogP contribution in [0, 0.1) is 0 Å². The molecule has 0 spiro atoms. The molecule has 0 aromatic carbocycles. The lowest BCUT2D eigenvalue weighted by Crippen LogP contribution is -2.13. The highest BCUT2D eigenvalue weighted by atomic mass is 35.5. The highest BCUT2D eigenvalue weighted by Crippen LogP contribution is 2.23. The lowest BCUT2D eigenvalue weighted by Gasteiger charge is -2.14. The van der Waals surface area contributed by atoms with E-state index in [4.69, 9.17) is 23.2 Å². The van der Waals surface area contributed by atoms with Crippen LogP contribution in [0.2, 0.25) is 10.3 Å². The molecule has 0 unspecified atom stereocenters. The van der Waals surface area contributed by atoms with Crippen LogP contribution in [0.5, 0.6) is 0 Å². The molecule has 0 radical (unpaired) electrons. The van der Waals surface area contributed by atoms with Gasteiger partial charge in [0.15, 0.2) is 5.82 Å². The number of anilines is 1. The number of carbonyl (C=O) groups is 1. The van der Waals surface area contributed by atoms with Gasteiger partial charge < -0.3 is 5.32 Å². The van der Waals surface area contributed by atoms with E-state index < -0.39 is 0 Å². The van der Waals surface area contributed by atoms with Gasteiger partial charge in [-0.25, -0.2) is 4.98 Å². The molecule has 0 aliphatic heterocycles.